The molecule has 3 N–H and O–H groups in total. The van der Waals surface area contributed by atoms with Crippen LogP contribution in [0.25, 0.3) is 0 Å². The first-order valence-electron chi connectivity index (χ1n) is 8.20. The Labute approximate surface area is 158 Å². The molecule has 1 amide bonds. The molecule has 0 unspecified atom stereocenters. The Morgan fingerprint density at radius 3 is 2.39 bits per heavy atom. The maximum absolute atomic E-state index is 13.7. The van der Waals surface area contributed by atoms with Gasteiger partial charge in [0.25, 0.3) is 5.91 Å². The second kappa shape index (κ2) is 7.67. The Hall–Kier alpha value is -3.42. The quantitative estimate of drug-likeness (QED) is 0.504. The third-order valence-corrected chi connectivity index (χ3v) is 4.13. The van der Waals surface area contributed by atoms with E-state index >= 15 is 0 Å². The minimum absolute atomic E-state index is 0.106. The van der Waals surface area contributed by atoms with Gasteiger partial charge in [-0.1, -0.05) is 12.1 Å². The van der Waals surface area contributed by atoms with Crippen LogP contribution in [0.15, 0.2) is 60.9 Å². The Bertz CT molecular complexity index is 1000. The molecule has 4 nitrogen and oxygen atoms in total. The smallest absolute Gasteiger partial charge is 0.398 e. The lowest BCUT2D eigenvalue weighted by Crippen LogP contribution is -2.19. The predicted octanol–water partition coefficient (Wildman–Crippen LogP) is 4.66. The normalized spacial score (nSPS) is 11.3. The van der Waals surface area contributed by atoms with Crippen molar-refractivity contribution >= 4 is 17.3 Å². The zero-order valence-corrected chi connectivity index (χ0v) is 14.4. The van der Waals surface area contributed by atoms with Crippen LogP contribution in [-0.2, 0) is 12.6 Å². The highest BCUT2D eigenvalue weighted by molar-refractivity contribution is 6.06. The molecule has 0 fully saturated rings. The molecule has 3 rings (SSSR count). The molecule has 1 heterocycles. The number of amides is 1. The van der Waals surface area contributed by atoms with Crippen LogP contribution in [0, 0.1) is 5.82 Å². The molecule has 0 radical (unpaired) electrons. The van der Waals surface area contributed by atoms with E-state index in [1.54, 1.807) is 30.6 Å². The minimum atomic E-state index is -4.95. The largest absolute Gasteiger partial charge is 0.421 e. The molecule has 28 heavy (non-hydrogen) atoms. The van der Waals surface area contributed by atoms with E-state index in [0.29, 0.717) is 17.3 Å². The van der Waals surface area contributed by atoms with Crippen LogP contribution < -0.4 is 11.1 Å². The standard InChI is InChI=1S/C20H15F4N3O/c21-15-4-2-6-17(18(15)20(22,23)24)27-19(28)13-3-1-5-16(25)14(13)11-12-7-9-26-10-8-12/h1-10H,11,25H2,(H,27,28). The number of alkyl halides is 3. The number of anilines is 2. The van der Waals surface area contributed by atoms with Crippen molar-refractivity contribution in [2.75, 3.05) is 11.1 Å². The molecule has 0 saturated carbocycles. The van der Waals surface area contributed by atoms with E-state index < -0.39 is 29.2 Å². The molecule has 0 aliphatic carbocycles. The van der Waals surface area contributed by atoms with Gasteiger partial charge in [-0.3, -0.25) is 9.78 Å². The Kier molecular flexibility index (Phi) is 5.30. The third-order valence-electron chi connectivity index (χ3n) is 4.13. The fraction of sp³-hybridized carbons (Fsp3) is 0.100. The topological polar surface area (TPSA) is 68.0 Å². The number of hydrogen-bond donors (Lipinski definition) is 2. The van der Waals surface area contributed by atoms with Crippen LogP contribution in [0.2, 0.25) is 0 Å². The summed E-state index contributed by atoms with van der Waals surface area (Å²) in [6.45, 7) is 0. The van der Waals surface area contributed by atoms with Crippen molar-refractivity contribution < 1.29 is 22.4 Å². The van der Waals surface area contributed by atoms with Crippen LogP contribution in [0.3, 0.4) is 0 Å². The van der Waals surface area contributed by atoms with Crippen LogP contribution in [0.4, 0.5) is 28.9 Å². The Balaban J connectivity index is 1.97. The number of carbonyl (C=O) groups is 1. The summed E-state index contributed by atoms with van der Waals surface area (Å²) in [6.07, 6.45) is -1.51. The van der Waals surface area contributed by atoms with Gasteiger partial charge >= 0.3 is 6.18 Å². The summed E-state index contributed by atoms with van der Waals surface area (Å²) in [7, 11) is 0. The maximum Gasteiger partial charge on any atom is 0.421 e. The summed E-state index contributed by atoms with van der Waals surface area (Å²) >= 11 is 0. The first-order chi connectivity index (χ1) is 13.3. The second-order valence-electron chi connectivity index (χ2n) is 6.02. The van der Waals surface area contributed by atoms with E-state index in [9.17, 15) is 22.4 Å². The summed E-state index contributed by atoms with van der Waals surface area (Å²) in [5.74, 6) is -2.28. The van der Waals surface area contributed by atoms with Crippen molar-refractivity contribution in [1.82, 2.24) is 4.98 Å². The van der Waals surface area contributed by atoms with Gasteiger partial charge < -0.3 is 11.1 Å². The van der Waals surface area contributed by atoms with Gasteiger partial charge in [-0.05, 0) is 47.5 Å². The minimum Gasteiger partial charge on any atom is -0.398 e. The molecule has 3 aromatic rings. The average Bonchev–Trinajstić information content (AvgIpc) is 2.63. The van der Waals surface area contributed by atoms with Crippen LogP contribution in [-0.4, -0.2) is 10.9 Å². The van der Waals surface area contributed by atoms with Crippen molar-refractivity contribution in [3.8, 4) is 0 Å². The van der Waals surface area contributed by atoms with E-state index in [-0.39, 0.29) is 12.0 Å². The third kappa shape index (κ3) is 4.11. The average molecular weight is 389 g/mol. The monoisotopic (exact) mass is 389 g/mol. The van der Waals surface area contributed by atoms with Crippen molar-refractivity contribution in [2.45, 2.75) is 12.6 Å². The van der Waals surface area contributed by atoms with Crippen LogP contribution >= 0.6 is 0 Å². The number of nitrogen functional groups attached to an aromatic ring is 1. The van der Waals surface area contributed by atoms with Gasteiger partial charge in [0.05, 0.1) is 5.69 Å². The Morgan fingerprint density at radius 1 is 1.04 bits per heavy atom. The van der Waals surface area contributed by atoms with E-state index in [1.807, 2.05) is 0 Å². The van der Waals surface area contributed by atoms with Gasteiger partial charge in [-0.15, -0.1) is 0 Å². The summed E-state index contributed by atoms with van der Waals surface area (Å²) in [6, 6.07) is 10.8. The first kappa shape index (κ1) is 19.3. The lowest BCUT2D eigenvalue weighted by atomic mass is 9.98. The zero-order chi connectivity index (χ0) is 20.3. The molecule has 0 spiro atoms. The molecule has 0 saturated heterocycles. The second-order valence-corrected chi connectivity index (χ2v) is 6.02. The zero-order valence-electron chi connectivity index (χ0n) is 14.4. The molecule has 1 aromatic heterocycles. The van der Waals surface area contributed by atoms with Gasteiger partial charge in [-0.2, -0.15) is 13.2 Å². The molecule has 0 bridgehead atoms. The number of aromatic nitrogens is 1. The molecule has 0 aliphatic rings. The molecular formula is C20H15F4N3O. The lowest BCUT2D eigenvalue weighted by Gasteiger charge is -2.16. The van der Waals surface area contributed by atoms with E-state index in [2.05, 4.69) is 10.3 Å². The van der Waals surface area contributed by atoms with Crippen molar-refractivity contribution in [3.63, 3.8) is 0 Å². The van der Waals surface area contributed by atoms with Crippen LogP contribution in [0.1, 0.15) is 27.0 Å². The highest BCUT2D eigenvalue weighted by Crippen LogP contribution is 2.37. The number of nitrogens with zero attached hydrogens (tertiary/aromatic N) is 1. The predicted molar refractivity (Wildman–Crippen MR) is 97.3 cm³/mol. The fourth-order valence-electron chi connectivity index (χ4n) is 2.83. The van der Waals surface area contributed by atoms with Crippen molar-refractivity contribution in [2.24, 2.45) is 0 Å². The summed E-state index contributed by atoms with van der Waals surface area (Å²) < 4.78 is 53.3. The van der Waals surface area contributed by atoms with E-state index in [4.69, 9.17) is 5.73 Å². The van der Waals surface area contributed by atoms with Crippen molar-refractivity contribution in [1.29, 1.82) is 0 Å². The lowest BCUT2D eigenvalue weighted by molar-refractivity contribution is -0.139. The highest BCUT2D eigenvalue weighted by atomic mass is 19.4. The number of rotatable bonds is 4. The molecular weight excluding hydrogens is 374 g/mol. The number of halogens is 4. The number of nitrogens with two attached hydrogens (primary N) is 1. The van der Waals surface area contributed by atoms with Gasteiger partial charge in [0.1, 0.15) is 11.4 Å². The highest BCUT2D eigenvalue weighted by Gasteiger charge is 2.37. The number of hydrogen-bond acceptors (Lipinski definition) is 3. The van der Waals surface area contributed by atoms with E-state index in [0.717, 1.165) is 17.7 Å². The number of benzene rings is 2. The van der Waals surface area contributed by atoms with Crippen molar-refractivity contribution in [3.05, 3.63) is 89.0 Å². The fourth-order valence-corrected chi connectivity index (χ4v) is 2.83. The summed E-state index contributed by atoms with van der Waals surface area (Å²) in [4.78, 5) is 16.6. The van der Waals surface area contributed by atoms with Gasteiger partial charge in [0, 0.05) is 30.1 Å². The number of pyridine rings is 1. The number of carbonyl (C=O) groups excluding carboxylic acids is 1. The van der Waals surface area contributed by atoms with Crippen LogP contribution in [0.5, 0.6) is 0 Å². The molecule has 0 atom stereocenters. The van der Waals surface area contributed by atoms with Gasteiger partial charge in [-0.25, -0.2) is 4.39 Å². The molecule has 8 heteroatoms. The molecule has 0 aliphatic heterocycles. The summed E-state index contributed by atoms with van der Waals surface area (Å²) in [5.41, 5.74) is 5.51. The molecule has 144 valence electrons. The van der Waals surface area contributed by atoms with Gasteiger partial charge in [0.2, 0.25) is 0 Å². The Morgan fingerprint density at radius 2 is 1.71 bits per heavy atom. The molecule has 2 aromatic carbocycles. The summed E-state index contributed by atoms with van der Waals surface area (Å²) in [5, 5.41) is 2.16. The van der Waals surface area contributed by atoms with E-state index in [1.165, 1.54) is 12.1 Å². The SMILES string of the molecule is Nc1cccc(C(=O)Nc2cccc(F)c2C(F)(F)F)c1Cc1ccncc1. The maximum atomic E-state index is 13.7. The number of nitrogens with one attached hydrogen (secondary N) is 1. The van der Waals surface area contributed by atoms with Gasteiger partial charge in [0.15, 0.2) is 0 Å². The first-order valence-corrected chi connectivity index (χ1v) is 8.20.